The Hall–Kier alpha value is -1.63. The van der Waals surface area contributed by atoms with Gasteiger partial charge in [-0.1, -0.05) is 12.1 Å². The molecule has 6 heteroatoms. The molecule has 1 saturated heterocycles. The summed E-state index contributed by atoms with van der Waals surface area (Å²) in [6.07, 6.45) is -0.400. The van der Waals surface area contributed by atoms with Gasteiger partial charge in [-0.3, -0.25) is 4.79 Å². The van der Waals surface area contributed by atoms with Crippen molar-refractivity contribution in [3.05, 3.63) is 29.3 Å². The van der Waals surface area contributed by atoms with Crippen molar-refractivity contribution in [2.75, 3.05) is 19.8 Å². The van der Waals surface area contributed by atoms with Crippen molar-refractivity contribution >= 4 is 5.91 Å². The summed E-state index contributed by atoms with van der Waals surface area (Å²) in [5, 5.41) is 22.2. The minimum Gasteiger partial charge on any atom is -0.490 e. The molecular weight excluding hydrogens is 298 g/mol. The molecule has 6 nitrogen and oxygen atoms in total. The van der Waals surface area contributed by atoms with Crippen LogP contribution in [0.2, 0.25) is 0 Å². The lowest BCUT2D eigenvalue weighted by Gasteiger charge is -2.31. The summed E-state index contributed by atoms with van der Waals surface area (Å²) >= 11 is 0. The smallest absolute Gasteiger partial charge is 0.224 e. The first-order valence-electron chi connectivity index (χ1n) is 8.02. The molecule has 0 bridgehead atoms. The van der Waals surface area contributed by atoms with E-state index >= 15 is 0 Å². The standard InChI is InChI=1S/C17H23NO5/c1-10-4-12-5-11(2-3-15(12)23-10)6-16(20)18-7-13-8-22-9-14(19)17(13)21/h2-3,5,10,13-14,17,19,21H,4,6-9H2,1H3,(H,18,20)/t10?,13-,14-,17+/m1/s1. The number of carbonyl (C=O) groups is 1. The second kappa shape index (κ2) is 6.86. The molecule has 1 aromatic carbocycles. The van der Waals surface area contributed by atoms with Gasteiger partial charge in [0.05, 0.1) is 25.7 Å². The van der Waals surface area contributed by atoms with E-state index in [4.69, 9.17) is 9.47 Å². The predicted octanol–water partition coefficient (Wildman–Crippen LogP) is 0.0369. The molecule has 126 valence electrons. The molecule has 23 heavy (non-hydrogen) atoms. The van der Waals surface area contributed by atoms with Crippen molar-refractivity contribution in [3.63, 3.8) is 0 Å². The number of amides is 1. The number of rotatable bonds is 4. The molecule has 1 amide bonds. The Morgan fingerprint density at radius 2 is 2.17 bits per heavy atom. The first-order valence-corrected chi connectivity index (χ1v) is 8.02. The first kappa shape index (κ1) is 16.2. The van der Waals surface area contributed by atoms with Gasteiger partial charge in [0.1, 0.15) is 18.0 Å². The van der Waals surface area contributed by atoms with Crippen molar-refractivity contribution in [1.29, 1.82) is 0 Å². The highest BCUT2D eigenvalue weighted by atomic mass is 16.5. The molecule has 0 spiro atoms. The van der Waals surface area contributed by atoms with Crippen LogP contribution in [-0.2, 0) is 22.4 Å². The van der Waals surface area contributed by atoms with Crippen LogP contribution >= 0.6 is 0 Å². The van der Waals surface area contributed by atoms with Crippen molar-refractivity contribution in [3.8, 4) is 5.75 Å². The highest BCUT2D eigenvalue weighted by molar-refractivity contribution is 5.78. The van der Waals surface area contributed by atoms with Crippen molar-refractivity contribution in [2.45, 2.75) is 38.1 Å². The highest BCUT2D eigenvalue weighted by Gasteiger charge is 2.31. The van der Waals surface area contributed by atoms with E-state index < -0.39 is 12.2 Å². The summed E-state index contributed by atoms with van der Waals surface area (Å²) < 4.78 is 10.9. The largest absolute Gasteiger partial charge is 0.490 e. The summed E-state index contributed by atoms with van der Waals surface area (Å²) in [5.41, 5.74) is 2.08. The fourth-order valence-electron chi connectivity index (χ4n) is 3.11. The zero-order valence-corrected chi connectivity index (χ0v) is 13.2. The van der Waals surface area contributed by atoms with Crippen LogP contribution in [0.25, 0.3) is 0 Å². The third-order valence-electron chi connectivity index (χ3n) is 4.38. The third-order valence-corrected chi connectivity index (χ3v) is 4.38. The number of benzene rings is 1. The van der Waals surface area contributed by atoms with Gasteiger partial charge in [0.2, 0.25) is 5.91 Å². The van der Waals surface area contributed by atoms with Crippen LogP contribution in [0, 0.1) is 5.92 Å². The lowest BCUT2D eigenvalue weighted by atomic mass is 9.96. The van der Waals surface area contributed by atoms with E-state index in [1.807, 2.05) is 25.1 Å². The SMILES string of the molecule is CC1Cc2cc(CC(=O)NC[C@@H]3COC[C@@H](O)[C@H]3O)ccc2O1. The monoisotopic (exact) mass is 321 g/mol. The maximum Gasteiger partial charge on any atom is 0.224 e. The predicted molar refractivity (Wildman–Crippen MR) is 83.3 cm³/mol. The van der Waals surface area contributed by atoms with Gasteiger partial charge in [0.15, 0.2) is 0 Å². The first-order chi connectivity index (χ1) is 11.0. The summed E-state index contributed by atoms with van der Waals surface area (Å²) in [5.74, 6) is 0.513. The van der Waals surface area contributed by atoms with Crippen LogP contribution in [0.5, 0.6) is 5.75 Å². The number of aliphatic hydroxyl groups excluding tert-OH is 2. The number of hydrogen-bond donors (Lipinski definition) is 3. The number of aliphatic hydroxyl groups is 2. The summed E-state index contributed by atoms with van der Waals surface area (Å²) in [4.78, 5) is 12.1. The van der Waals surface area contributed by atoms with Gasteiger partial charge in [-0.15, -0.1) is 0 Å². The average Bonchev–Trinajstić information content (AvgIpc) is 2.88. The van der Waals surface area contributed by atoms with Crippen LogP contribution in [-0.4, -0.2) is 54.2 Å². The lowest BCUT2D eigenvalue weighted by molar-refractivity contribution is -0.127. The van der Waals surface area contributed by atoms with Gasteiger partial charge < -0.3 is 25.0 Å². The molecule has 2 aliphatic rings. The molecule has 1 aromatic rings. The molecule has 2 heterocycles. The Morgan fingerprint density at radius 3 is 3.00 bits per heavy atom. The minimum atomic E-state index is -0.885. The Kier molecular flexibility index (Phi) is 4.84. The molecule has 1 fully saturated rings. The van der Waals surface area contributed by atoms with Crippen molar-refractivity contribution in [2.24, 2.45) is 5.92 Å². The zero-order valence-electron chi connectivity index (χ0n) is 13.2. The molecule has 0 saturated carbocycles. The van der Waals surface area contributed by atoms with Gasteiger partial charge >= 0.3 is 0 Å². The maximum absolute atomic E-state index is 12.1. The maximum atomic E-state index is 12.1. The second-order valence-electron chi connectivity index (χ2n) is 6.41. The van der Waals surface area contributed by atoms with E-state index in [0.29, 0.717) is 13.2 Å². The fourth-order valence-corrected chi connectivity index (χ4v) is 3.11. The molecule has 0 aromatic heterocycles. The van der Waals surface area contributed by atoms with Gasteiger partial charge in [0.25, 0.3) is 0 Å². The minimum absolute atomic E-state index is 0.107. The number of nitrogens with one attached hydrogen (secondary N) is 1. The van der Waals surface area contributed by atoms with Crippen molar-refractivity contribution < 1.29 is 24.5 Å². The molecular formula is C17H23NO5. The normalized spacial score (nSPS) is 29.7. The van der Waals surface area contributed by atoms with E-state index in [9.17, 15) is 15.0 Å². The fraction of sp³-hybridized carbons (Fsp3) is 0.588. The third kappa shape index (κ3) is 3.83. The van der Waals surface area contributed by atoms with Crippen LogP contribution in [0.4, 0.5) is 0 Å². The van der Waals surface area contributed by atoms with Crippen LogP contribution in [0.1, 0.15) is 18.1 Å². The Bertz CT molecular complexity index is 576. The summed E-state index contributed by atoms with van der Waals surface area (Å²) in [6, 6.07) is 5.83. The number of hydrogen-bond acceptors (Lipinski definition) is 5. The van der Waals surface area contributed by atoms with Crippen LogP contribution in [0.15, 0.2) is 18.2 Å². The van der Waals surface area contributed by atoms with E-state index in [0.717, 1.165) is 23.3 Å². The van der Waals surface area contributed by atoms with Gasteiger partial charge in [-0.2, -0.15) is 0 Å². The van der Waals surface area contributed by atoms with Gasteiger partial charge in [0, 0.05) is 18.9 Å². The van der Waals surface area contributed by atoms with Crippen LogP contribution in [0.3, 0.4) is 0 Å². The van der Waals surface area contributed by atoms with E-state index in [-0.39, 0.29) is 31.0 Å². The Morgan fingerprint density at radius 1 is 1.35 bits per heavy atom. The van der Waals surface area contributed by atoms with Gasteiger partial charge in [-0.25, -0.2) is 0 Å². The van der Waals surface area contributed by atoms with E-state index in [1.54, 1.807) is 0 Å². The molecule has 0 radical (unpaired) electrons. The van der Waals surface area contributed by atoms with Gasteiger partial charge in [-0.05, 0) is 24.1 Å². The average molecular weight is 321 g/mol. The van der Waals surface area contributed by atoms with Crippen LogP contribution < -0.4 is 10.1 Å². The summed E-state index contributed by atoms with van der Waals surface area (Å²) in [7, 11) is 0. The molecule has 1 unspecified atom stereocenters. The summed E-state index contributed by atoms with van der Waals surface area (Å²) in [6.45, 7) is 2.80. The van der Waals surface area contributed by atoms with E-state index in [2.05, 4.69) is 5.32 Å². The number of fused-ring (bicyclic) bond motifs is 1. The van der Waals surface area contributed by atoms with Crippen molar-refractivity contribution in [1.82, 2.24) is 5.32 Å². The molecule has 2 aliphatic heterocycles. The molecule has 3 rings (SSSR count). The Balaban J connectivity index is 1.51. The number of carbonyl (C=O) groups excluding carboxylic acids is 1. The second-order valence-corrected chi connectivity index (χ2v) is 6.41. The molecule has 4 atom stereocenters. The number of ether oxygens (including phenoxy) is 2. The Labute approximate surface area is 135 Å². The topological polar surface area (TPSA) is 88.0 Å². The molecule has 3 N–H and O–H groups in total. The lowest BCUT2D eigenvalue weighted by Crippen LogP contribution is -2.48. The van der Waals surface area contributed by atoms with E-state index in [1.165, 1.54) is 0 Å². The highest BCUT2D eigenvalue weighted by Crippen LogP contribution is 2.29. The quantitative estimate of drug-likeness (QED) is 0.729. The zero-order chi connectivity index (χ0) is 16.4. The molecule has 0 aliphatic carbocycles.